The van der Waals surface area contributed by atoms with Crippen LogP contribution in [0.1, 0.15) is 62.6 Å². The van der Waals surface area contributed by atoms with Crippen molar-refractivity contribution in [3.63, 3.8) is 0 Å². The van der Waals surface area contributed by atoms with Gasteiger partial charge < -0.3 is 14.8 Å². The molecule has 0 fully saturated rings. The molecule has 39 heavy (non-hydrogen) atoms. The maximum atomic E-state index is 13.5. The minimum Gasteiger partial charge on any atom is -0.358 e. The molecule has 1 heterocycles. The molecule has 2 aromatic carbocycles. The molecule has 208 valence electrons. The van der Waals surface area contributed by atoms with Crippen LogP contribution in [0.4, 0.5) is 13.2 Å². The lowest BCUT2D eigenvalue weighted by molar-refractivity contribution is -0.138. The van der Waals surface area contributed by atoms with Gasteiger partial charge in [0.15, 0.2) is 5.11 Å². The first-order chi connectivity index (χ1) is 18.2. The Morgan fingerprint density at radius 1 is 1.05 bits per heavy atom. The number of hydrogen-bond donors (Lipinski definition) is 1. The van der Waals surface area contributed by atoms with Gasteiger partial charge in [0.05, 0.1) is 23.5 Å². The minimum atomic E-state index is -4.43. The molecule has 9 heteroatoms. The van der Waals surface area contributed by atoms with Gasteiger partial charge >= 0.3 is 6.18 Å². The second kappa shape index (κ2) is 12.2. The lowest BCUT2D eigenvalue weighted by Gasteiger charge is -2.43. The molecule has 1 N–H and O–H groups in total. The minimum absolute atomic E-state index is 0.0163. The van der Waals surface area contributed by atoms with Crippen LogP contribution in [0, 0.1) is 22.2 Å². The van der Waals surface area contributed by atoms with Crippen LogP contribution in [0.15, 0.2) is 61.1 Å². The summed E-state index contributed by atoms with van der Waals surface area (Å²) in [5.41, 5.74) is 2.02. The number of thiocarbonyl (C=S) groups is 1. The smallest absolute Gasteiger partial charge is 0.358 e. The SMILES string of the molecule is CC(C)(C)C(C)(C)CN(CCc1cncn1Cc1ccc(C#N)cc1)C(=S)NCc1ccccc1C(F)(F)F. The van der Waals surface area contributed by atoms with E-state index in [1.54, 1.807) is 24.5 Å². The van der Waals surface area contributed by atoms with Crippen molar-refractivity contribution in [1.29, 1.82) is 5.26 Å². The molecule has 0 amide bonds. The molecule has 0 aliphatic rings. The van der Waals surface area contributed by atoms with E-state index in [2.05, 4.69) is 60.5 Å². The molecule has 1 aromatic heterocycles. The van der Waals surface area contributed by atoms with Gasteiger partial charge in [0.25, 0.3) is 0 Å². The normalized spacial score (nSPS) is 12.2. The first kappa shape index (κ1) is 30.2. The van der Waals surface area contributed by atoms with Gasteiger partial charge in [-0.2, -0.15) is 18.4 Å². The van der Waals surface area contributed by atoms with Crippen molar-refractivity contribution in [3.05, 3.63) is 89.0 Å². The van der Waals surface area contributed by atoms with Crippen LogP contribution in [-0.4, -0.2) is 32.7 Å². The number of imidazole rings is 1. The van der Waals surface area contributed by atoms with Crippen LogP contribution < -0.4 is 5.32 Å². The molecule has 0 saturated heterocycles. The molecule has 3 aromatic rings. The average molecular weight is 556 g/mol. The molecule has 0 saturated carbocycles. The first-order valence-corrected chi connectivity index (χ1v) is 13.3. The number of nitriles is 1. The van der Waals surface area contributed by atoms with Gasteiger partial charge in [-0.25, -0.2) is 4.98 Å². The summed E-state index contributed by atoms with van der Waals surface area (Å²) in [5.74, 6) is 0. The molecule has 0 radical (unpaired) electrons. The van der Waals surface area contributed by atoms with Crippen LogP contribution in [0.25, 0.3) is 0 Å². The van der Waals surface area contributed by atoms with Gasteiger partial charge in [-0.3, -0.25) is 0 Å². The van der Waals surface area contributed by atoms with E-state index in [0.717, 1.165) is 17.3 Å². The number of halogens is 3. The summed E-state index contributed by atoms with van der Waals surface area (Å²) in [6.45, 7) is 12.7. The van der Waals surface area contributed by atoms with Gasteiger partial charge in [0.1, 0.15) is 0 Å². The van der Waals surface area contributed by atoms with Crippen LogP contribution in [0.2, 0.25) is 0 Å². The molecule has 0 spiro atoms. The van der Waals surface area contributed by atoms with Gasteiger partial charge in [-0.05, 0) is 52.4 Å². The van der Waals surface area contributed by atoms with Crippen molar-refractivity contribution in [3.8, 4) is 6.07 Å². The molecule has 0 aliphatic carbocycles. The Kier molecular flexibility index (Phi) is 9.44. The van der Waals surface area contributed by atoms with Gasteiger partial charge in [0, 0.05) is 44.5 Å². The summed E-state index contributed by atoms with van der Waals surface area (Å²) in [6.07, 6.45) is -0.174. The molecular weight excluding hydrogens is 519 g/mol. The Labute approximate surface area is 234 Å². The molecule has 3 rings (SSSR count). The number of hydrogen-bond acceptors (Lipinski definition) is 3. The largest absolute Gasteiger partial charge is 0.416 e. The van der Waals surface area contributed by atoms with Crippen LogP contribution in [0.5, 0.6) is 0 Å². The van der Waals surface area contributed by atoms with E-state index in [4.69, 9.17) is 17.5 Å². The standard InChI is InChI=1S/C30H36F3N5S/c1-28(2,3)29(4,5)20-37(27(39)36-17-24-8-6-7-9-26(24)30(31,32)33)15-14-25-18-35-21-38(25)19-23-12-10-22(16-34)11-13-23/h6-13,18,21H,14-15,17,19-20H2,1-5H3,(H,36,39). The number of nitrogens with one attached hydrogen (secondary N) is 1. The van der Waals surface area contributed by atoms with Crippen molar-refractivity contribution in [1.82, 2.24) is 19.8 Å². The number of alkyl halides is 3. The zero-order chi connectivity index (χ0) is 28.8. The summed E-state index contributed by atoms with van der Waals surface area (Å²) in [7, 11) is 0. The third-order valence-electron chi connectivity index (χ3n) is 7.53. The highest BCUT2D eigenvalue weighted by Crippen LogP contribution is 2.38. The Morgan fingerprint density at radius 2 is 1.72 bits per heavy atom. The maximum Gasteiger partial charge on any atom is 0.416 e. The Hall–Kier alpha value is -3.38. The van der Waals surface area contributed by atoms with Crippen molar-refractivity contribution >= 4 is 17.3 Å². The lowest BCUT2D eigenvalue weighted by atomic mass is 9.69. The molecule has 0 unspecified atom stereocenters. The fourth-order valence-corrected chi connectivity index (χ4v) is 4.26. The molecule has 0 bridgehead atoms. The summed E-state index contributed by atoms with van der Waals surface area (Å²) >= 11 is 5.74. The monoisotopic (exact) mass is 555 g/mol. The van der Waals surface area contributed by atoms with E-state index in [1.807, 2.05) is 18.3 Å². The van der Waals surface area contributed by atoms with Crippen LogP contribution in [0.3, 0.4) is 0 Å². The summed E-state index contributed by atoms with van der Waals surface area (Å²) < 4.78 is 42.6. The van der Waals surface area contributed by atoms with Gasteiger partial charge in [0.2, 0.25) is 0 Å². The summed E-state index contributed by atoms with van der Waals surface area (Å²) in [4.78, 5) is 6.39. The zero-order valence-corrected chi connectivity index (χ0v) is 24.0. The van der Waals surface area contributed by atoms with Crippen LogP contribution >= 0.6 is 12.2 Å². The van der Waals surface area contributed by atoms with Crippen molar-refractivity contribution < 1.29 is 13.2 Å². The fraction of sp³-hybridized carbons (Fsp3) is 0.433. The second-order valence-corrected chi connectivity index (χ2v) is 11.8. The number of benzene rings is 2. The van der Waals surface area contributed by atoms with E-state index in [0.29, 0.717) is 36.7 Å². The quantitative estimate of drug-likeness (QED) is 0.294. The van der Waals surface area contributed by atoms with E-state index in [-0.39, 0.29) is 22.9 Å². The average Bonchev–Trinajstić information content (AvgIpc) is 3.31. The maximum absolute atomic E-state index is 13.5. The van der Waals surface area contributed by atoms with Crippen LogP contribution in [-0.2, 0) is 25.7 Å². The van der Waals surface area contributed by atoms with Crippen molar-refractivity contribution in [2.24, 2.45) is 10.8 Å². The lowest BCUT2D eigenvalue weighted by Crippen LogP contribution is -2.48. The topological polar surface area (TPSA) is 56.9 Å². The third-order valence-corrected chi connectivity index (χ3v) is 7.93. The predicted molar refractivity (Wildman–Crippen MR) is 152 cm³/mol. The third kappa shape index (κ3) is 8.06. The van der Waals surface area contributed by atoms with Crippen molar-refractivity contribution in [2.45, 2.75) is 60.3 Å². The molecule has 0 aliphatic heterocycles. The van der Waals surface area contributed by atoms with Gasteiger partial charge in [-0.1, -0.05) is 65.0 Å². The molecule has 0 atom stereocenters. The predicted octanol–water partition coefficient (Wildman–Crippen LogP) is 6.81. The van der Waals surface area contributed by atoms with E-state index in [1.165, 1.54) is 12.1 Å². The van der Waals surface area contributed by atoms with E-state index < -0.39 is 11.7 Å². The van der Waals surface area contributed by atoms with Crippen molar-refractivity contribution in [2.75, 3.05) is 13.1 Å². The summed E-state index contributed by atoms with van der Waals surface area (Å²) in [6, 6.07) is 15.1. The highest BCUT2D eigenvalue weighted by Gasteiger charge is 2.36. The molecular formula is C30H36F3N5S. The van der Waals surface area contributed by atoms with Gasteiger partial charge in [-0.15, -0.1) is 0 Å². The fourth-order valence-electron chi connectivity index (χ4n) is 4.03. The number of rotatable bonds is 9. The second-order valence-electron chi connectivity index (χ2n) is 11.4. The Morgan fingerprint density at radius 3 is 2.33 bits per heavy atom. The first-order valence-electron chi connectivity index (χ1n) is 12.9. The Bertz CT molecular complexity index is 1300. The highest BCUT2D eigenvalue weighted by molar-refractivity contribution is 7.80. The van der Waals surface area contributed by atoms with E-state index in [9.17, 15) is 13.2 Å². The molecule has 5 nitrogen and oxygen atoms in total. The van der Waals surface area contributed by atoms with E-state index >= 15 is 0 Å². The summed E-state index contributed by atoms with van der Waals surface area (Å²) in [5, 5.41) is 12.6. The number of nitrogens with zero attached hydrogens (tertiary/aromatic N) is 4. The zero-order valence-electron chi connectivity index (χ0n) is 23.1. The number of aromatic nitrogens is 2. The highest BCUT2D eigenvalue weighted by atomic mass is 32.1. The Balaban J connectivity index is 1.76.